The van der Waals surface area contributed by atoms with Crippen LogP contribution in [0, 0.1) is 0 Å². The van der Waals surface area contributed by atoms with Gasteiger partial charge >= 0.3 is 18.3 Å². The molecule has 2 bridgehead atoms. The van der Waals surface area contributed by atoms with Crippen LogP contribution in [0.5, 0.6) is 0 Å². The topological polar surface area (TPSA) is 121 Å². The molecule has 0 aromatic carbocycles. The molecule has 3 aliphatic rings. The van der Waals surface area contributed by atoms with Gasteiger partial charge in [-0.15, -0.1) is 0 Å². The first-order valence-electron chi connectivity index (χ1n) is 9.22. The molecule has 13 heteroatoms. The van der Waals surface area contributed by atoms with E-state index >= 15 is 0 Å². The second-order valence-electron chi connectivity index (χ2n) is 7.37. The minimum atomic E-state index is -4.62. The van der Waals surface area contributed by atoms with Gasteiger partial charge in [0.25, 0.3) is 5.91 Å². The maximum Gasteiger partial charge on any atom is 0.411 e. The SMILES string of the molecule is C[C@@H](NC(=O)c1ccc2c(n1)N(C(N)=O)C1(N3CCOC3=O)CCN2C1)C(F)(F)F. The largest absolute Gasteiger partial charge is 0.447 e. The number of nitrogens with two attached hydrogens (primary N) is 1. The molecule has 0 saturated carbocycles. The standard InChI is InChI=1S/C17H19F3N6O4/c1-9(17(18,19)20)22-13(27)10-2-3-11-12(23-10)26(14(21)28)16(4-5-24(11)8-16)25-6-7-30-15(25)29/h2-3,9H,4-8H2,1H3,(H2,21,28)(H,22,27)/t9-,16?/m1/s1. The minimum absolute atomic E-state index is 0.0123. The fraction of sp³-hybridized carbons (Fsp3) is 0.529. The highest BCUT2D eigenvalue weighted by Gasteiger charge is 2.58. The number of primary amides is 1. The number of nitrogens with one attached hydrogen (secondary N) is 1. The number of aromatic nitrogens is 1. The molecule has 4 rings (SSSR count). The van der Waals surface area contributed by atoms with Gasteiger partial charge in [0.05, 0.1) is 18.8 Å². The van der Waals surface area contributed by atoms with Crippen molar-refractivity contribution in [2.75, 3.05) is 36.0 Å². The third-order valence-electron chi connectivity index (χ3n) is 5.60. The first-order valence-corrected chi connectivity index (χ1v) is 9.22. The average molecular weight is 428 g/mol. The van der Waals surface area contributed by atoms with E-state index < -0.39 is 35.9 Å². The molecule has 4 heterocycles. The van der Waals surface area contributed by atoms with Crippen molar-refractivity contribution in [1.82, 2.24) is 15.2 Å². The Balaban J connectivity index is 1.73. The Morgan fingerprint density at radius 3 is 2.67 bits per heavy atom. The minimum Gasteiger partial charge on any atom is -0.447 e. The number of rotatable bonds is 3. The van der Waals surface area contributed by atoms with Crippen molar-refractivity contribution < 1.29 is 32.3 Å². The van der Waals surface area contributed by atoms with Gasteiger partial charge in [-0.05, 0) is 19.1 Å². The first-order chi connectivity index (χ1) is 14.0. The summed E-state index contributed by atoms with van der Waals surface area (Å²) < 4.78 is 43.3. The van der Waals surface area contributed by atoms with Crippen molar-refractivity contribution in [3.63, 3.8) is 0 Å². The molecule has 30 heavy (non-hydrogen) atoms. The fourth-order valence-electron chi connectivity index (χ4n) is 4.12. The highest BCUT2D eigenvalue weighted by Crippen LogP contribution is 2.46. The Hall–Kier alpha value is -3.25. The molecule has 2 fully saturated rings. The molecule has 4 amide bonds. The summed E-state index contributed by atoms with van der Waals surface area (Å²) in [5.41, 5.74) is 4.67. The van der Waals surface area contributed by atoms with E-state index in [0.717, 1.165) is 11.8 Å². The number of ether oxygens (including phenoxy) is 1. The van der Waals surface area contributed by atoms with Gasteiger partial charge in [0, 0.05) is 13.0 Å². The summed E-state index contributed by atoms with van der Waals surface area (Å²) in [6.07, 6.45) is -4.85. The van der Waals surface area contributed by atoms with E-state index in [-0.39, 0.29) is 31.2 Å². The molecule has 2 saturated heterocycles. The third-order valence-corrected chi connectivity index (χ3v) is 5.60. The smallest absolute Gasteiger partial charge is 0.411 e. The molecule has 162 valence electrons. The van der Waals surface area contributed by atoms with Crippen molar-refractivity contribution in [3.8, 4) is 0 Å². The van der Waals surface area contributed by atoms with Crippen LogP contribution in [0.3, 0.4) is 0 Å². The number of halogens is 3. The number of hydrogen-bond acceptors (Lipinski definition) is 6. The molecule has 3 N–H and O–H groups in total. The van der Waals surface area contributed by atoms with Gasteiger partial charge in [0.15, 0.2) is 5.82 Å². The number of amides is 4. The first kappa shape index (κ1) is 20.0. The number of alkyl halides is 3. The van der Waals surface area contributed by atoms with E-state index in [4.69, 9.17) is 10.5 Å². The zero-order valence-corrected chi connectivity index (χ0v) is 15.9. The number of hydrogen-bond donors (Lipinski definition) is 2. The Bertz CT molecular complexity index is 925. The molecular weight excluding hydrogens is 409 g/mol. The van der Waals surface area contributed by atoms with Gasteiger partial charge in [-0.2, -0.15) is 13.2 Å². The number of carbonyl (C=O) groups excluding carboxylic acids is 3. The molecule has 0 spiro atoms. The normalized spacial score (nSPS) is 23.9. The Labute approximate surface area is 168 Å². The van der Waals surface area contributed by atoms with Crippen LogP contribution in [0.25, 0.3) is 0 Å². The van der Waals surface area contributed by atoms with E-state index in [0.29, 0.717) is 18.7 Å². The van der Waals surface area contributed by atoms with Gasteiger partial charge in [0.1, 0.15) is 24.0 Å². The van der Waals surface area contributed by atoms with Crippen LogP contribution in [0.4, 0.5) is 34.3 Å². The second-order valence-corrected chi connectivity index (χ2v) is 7.37. The van der Waals surface area contributed by atoms with Crippen molar-refractivity contribution in [1.29, 1.82) is 0 Å². The van der Waals surface area contributed by atoms with Gasteiger partial charge in [0.2, 0.25) is 0 Å². The van der Waals surface area contributed by atoms with E-state index in [1.54, 1.807) is 0 Å². The van der Waals surface area contributed by atoms with Crippen molar-refractivity contribution in [3.05, 3.63) is 17.8 Å². The van der Waals surface area contributed by atoms with E-state index in [2.05, 4.69) is 4.98 Å². The zero-order valence-electron chi connectivity index (χ0n) is 15.9. The van der Waals surface area contributed by atoms with Gasteiger partial charge < -0.3 is 20.7 Å². The third kappa shape index (κ3) is 2.95. The van der Waals surface area contributed by atoms with Crippen LogP contribution in [-0.4, -0.2) is 72.0 Å². The number of cyclic esters (lactones) is 1. The summed E-state index contributed by atoms with van der Waals surface area (Å²) >= 11 is 0. The zero-order chi connectivity index (χ0) is 21.8. The maximum atomic E-state index is 12.8. The summed E-state index contributed by atoms with van der Waals surface area (Å²) in [6.45, 7) is 1.97. The molecular formula is C17H19F3N6O4. The monoisotopic (exact) mass is 428 g/mol. The predicted molar refractivity (Wildman–Crippen MR) is 96.9 cm³/mol. The lowest BCUT2D eigenvalue weighted by molar-refractivity contribution is -0.149. The van der Waals surface area contributed by atoms with Crippen molar-refractivity contribution in [2.24, 2.45) is 5.73 Å². The highest BCUT2D eigenvalue weighted by molar-refractivity contribution is 6.00. The quantitative estimate of drug-likeness (QED) is 0.742. The van der Waals surface area contributed by atoms with Gasteiger partial charge in [-0.1, -0.05) is 0 Å². The van der Waals surface area contributed by atoms with Crippen LogP contribution in [0.2, 0.25) is 0 Å². The fourth-order valence-corrected chi connectivity index (χ4v) is 4.12. The van der Waals surface area contributed by atoms with E-state index in [1.165, 1.54) is 17.0 Å². The Morgan fingerprint density at radius 2 is 2.07 bits per heavy atom. The predicted octanol–water partition coefficient (Wildman–Crippen LogP) is 1.02. The van der Waals surface area contributed by atoms with Crippen molar-refractivity contribution >= 4 is 29.5 Å². The van der Waals surface area contributed by atoms with Crippen LogP contribution >= 0.6 is 0 Å². The highest BCUT2D eigenvalue weighted by atomic mass is 19.4. The summed E-state index contributed by atoms with van der Waals surface area (Å²) in [5.74, 6) is -1.03. The number of urea groups is 1. The Morgan fingerprint density at radius 1 is 1.33 bits per heavy atom. The summed E-state index contributed by atoms with van der Waals surface area (Å²) in [5, 5.41) is 1.84. The second kappa shape index (κ2) is 6.64. The molecule has 0 radical (unpaired) electrons. The van der Waals surface area contributed by atoms with E-state index in [1.807, 2.05) is 10.2 Å². The van der Waals surface area contributed by atoms with Crippen LogP contribution in [-0.2, 0) is 4.74 Å². The van der Waals surface area contributed by atoms with Crippen LogP contribution < -0.4 is 20.9 Å². The lowest BCUT2D eigenvalue weighted by atomic mass is 10.0. The van der Waals surface area contributed by atoms with E-state index in [9.17, 15) is 27.6 Å². The number of anilines is 2. The molecule has 1 unspecified atom stereocenters. The molecule has 3 aliphatic heterocycles. The van der Waals surface area contributed by atoms with Crippen LogP contribution in [0.1, 0.15) is 23.8 Å². The molecule has 10 nitrogen and oxygen atoms in total. The molecule has 0 aliphatic carbocycles. The molecule has 2 atom stereocenters. The lowest BCUT2D eigenvalue weighted by Crippen LogP contribution is -2.67. The van der Waals surface area contributed by atoms with Crippen molar-refractivity contribution in [2.45, 2.75) is 31.2 Å². The Kier molecular flexibility index (Phi) is 4.43. The summed E-state index contributed by atoms with van der Waals surface area (Å²) in [4.78, 5) is 45.6. The van der Waals surface area contributed by atoms with Gasteiger partial charge in [-0.3, -0.25) is 14.6 Å². The average Bonchev–Trinajstić information content (AvgIpc) is 3.25. The summed E-state index contributed by atoms with van der Waals surface area (Å²) in [7, 11) is 0. The molecule has 1 aromatic heterocycles. The maximum absolute atomic E-state index is 12.8. The number of nitrogens with zero attached hydrogens (tertiary/aromatic N) is 4. The summed E-state index contributed by atoms with van der Waals surface area (Å²) in [6, 6.07) is -0.193. The number of carbonyl (C=O) groups is 3. The number of pyridine rings is 1. The van der Waals surface area contributed by atoms with Gasteiger partial charge in [-0.25, -0.2) is 14.6 Å². The lowest BCUT2D eigenvalue weighted by Gasteiger charge is -2.47. The number of fused-ring (bicyclic) bond motifs is 4. The molecule has 1 aromatic rings. The van der Waals surface area contributed by atoms with Crippen LogP contribution in [0.15, 0.2) is 12.1 Å².